The van der Waals surface area contributed by atoms with Gasteiger partial charge in [-0.2, -0.15) is 5.10 Å². The lowest BCUT2D eigenvalue weighted by Crippen LogP contribution is -2.35. The number of H-pyrrole nitrogens is 1. The Morgan fingerprint density at radius 1 is 1.50 bits per heavy atom. The number of hydrogen-bond acceptors (Lipinski definition) is 3. The molecule has 0 aliphatic carbocycles. The Labute approximate surface area is 107 Å². The van der Waals surface area contributed by atoms with Gasteiger partial charge in [0.1, 0.15) is 0 Å². The van der Waals surface area contributed by atoms with Crippen LogP contribution in [-0.4, -0.2) is 41.8 Å². The molecule has 0 bridgehead atoms. The first-order chi connectivity index (χ1) is 8.83. The Balaban J connectivity index is 1.67. The standard InChI is InChI=1S/C14H20N4/c1-18-7-3-4-11(10-18)8-15-13-5-2-6-14-12(13)9-16-17-14/h2,5-6,9,11,15H,3-4,7-8,10H2,1H3,(H,16,17). The van der Waals surface area contributed by atoms with Crippen molar-refractivity contribution >= 4 is 16.6 Å². The number of hydrogen-bond donors (Lipinski definition) is 2. The number of nitrogens with zero attached hydrogens (tertiary/aromatic N) is 2. The van der Waals surface area contributed by atoms with Crippen LogP contribution in [0.1, 0.15) is 12.8 Å². The molecule has 1 atom stereocenters. The van der Waals surface area contributed by atoms with Crippen LogP contribution in [0, 0.1) is 5.92 Å². The molecule has 18 heavy (non-hydrogen) atoms. The summed E-state index contributed by atoms with van der Waals surface area (Å²) in [7, 11) is 2.21. The van der Waals surface area contributed by atoms with Gasteiger partial charge in [0, 0.05) is 24.2 Å². The van der Waals surface area contributed by atoms with Gasteiger partial charge in [-0.25, -0.2) is 0 Å². The Kier molecular flexibility index (Phi) is 3.19. The first-order valence-electron chi connectivity index (χ1n) is 6.67. The molecule has 0 radical (unpaired) electrons. The van der Waals surface area contributed by atoms with E-state index in [1.54, 1.807) is 0 Å². The highest BCUT2D eigenvalue weighted by atomic mass is 15.1. The number of benzene rings is 1. The highest BCUT2D eigenvalue weighted by Crippen LogP contribution is 2.22. The maximum Gasteiger partial charge on any atom is 0.0671 e. The van der Waals surface area contributed by atoms with Gasteiger partial charge in [0.15, 0.2) is 0 Å². The fourth-order valence-electron chi connectivity index (χ4n) is 2.82. The van der Waals surface area contributed by atoms with Gasteiger partial charge in [0.2, 0.25) is 0 Å². The summed E-state index contributed by atoms with van der Waals surface area (Å²) in [6.45, 7) is 3.50. The molecule has 1 aliphatic rings. The lowest BCUT2D eigenvalue weighted by Gasteiger charge is -2.30. The molecule has 1 aromatic heterocycles. The number of anilines is 1. The van der Waals surface area contributed by atoms with Crippen LogP contribution in [0.15, 0.2) is 24.4 Å². The molecular formula is C14H20N4. The number of aromatic amines is 1. The smallest absolute Gasteiger partial charge is 0.0671 e. The average Bonchev–Trinajstić information content (AvgIpc) is 2.85. The number of rotatable bonds is 3. The molecule has 2 N–H and O–H groups in total. The third kappa shape index (κ3) is 2.34. The average molecular weight is 244 g/mol. The van der Waals surface area contributed by atoms with Gasteiger partial charge in [-0.1, -0.05) is 6.07 Å². The van der Waals surface area contributed by atoms with Crippen molar-refractivity contribution in [3.8, 4) is 0 Å². The van der Waals surface area contributed by atoms with Crippen molar-refractivity contribution in [1.82, 2.24) is 15.1 Å². The van der Waals surface area contributed by atoms with Crippen molar-refractivity contribution in [2.45, 2.75) is 12.8 Å². The third-order valence-electron chi connectivity index (χ3n) is 3.79. The first kappa shape index (κ1) is 11.5. The molecule has 0 amide bonds. The third-order valence-corrected chi connectivity index (χ3v) is 3.79. The van der Waals surface area contributed by atoms with Gasteiger partial charge in [0.25, 0.3) is 0 Å². The molecular weight excluding hydrogens is 224 g/mol. The quantitative estimate of drug-likeness (QED) is 0.871. The van der Waals surface area contributed by atoms with Gasteiger partial charge in [0.05, 0.1) is 11.7 Å². The van der Waals surface area contributed by atoms with Crippen molar-refractivity contribution in [2.24, 2.45) is 5.92 Å². The summed E-state index contributed by atoms with van der Waals surface area (Å²) in [5.41, 5.74) is 2.29. The molecule has 1 aliphatic heterocycles. The predicted molar refractivity (Wildman–Crippen MR) is 74.8 cm³/mol. The second kappa shape index (κ2) is 4.98. The second-order valence-electron chi connectivity index (χ2n) is 5.29. The normalized spacial score (nSPS) is 21.3. The minimum atomic E-state index is 0.755. The summed E-state index contributed by atoms with van der Waals surface area (Å²) >= 11 is 0. The Morgan fingerprint density at radius 2 is 2.44 bits per heavy atom. The van der Waals surface area contributed by atoms with Crippen molar-refractivity contribution in [2.75, 3.05) is 32.0 Å². The van der Waals surface area contributed by atoms with Crippen LogP contribution in [0.25, 0.3) is 10.9 Å². The van der Waals surface area contributed by atoms with E-state index in [0.717, 1.165) is 18.0 Å². The largest absolute Gasteiger partial charge is 0.384 e. The van der Waals surface area contributed by atoms with Crippen LogP contribution >= 0.6 is 0 Å². The monoisotopic (exact) mass is 244 g/mol. The van der Waals surface area contributed by atoms with Gasteiger partial charge in [-0.15, -0.1) is 0 Å². The molecule has 1 unspecified atom stereocenters. The van der Waals surface area contributed by atoms with Crippen LogP contribution in [0.2, 0.25) is 0 Å². The summed E-state index contributed by atoms with van der Waals surface area (Å²) < 4.78 is 0. The molecule has 0 spiro atoms. The number of piperidine rings is 1. The van der Waals surface area contributed by atoms with Crippen molar-refractivity contribution < 1.29 is 0 Å². The van der Waals surface area contributed by atoms with E-state index in [9.17, 15) is 0 Å². The Bertz CT molecular complexity index is 519. The highest BCUT2D eigenvalue weighted by Gasteiger charge is 2.16. The van der Waals surface area contributed by atoms with E-state index < -0.39 is 0 Å². The molecule has 1 aromatic carbocycles. The summed E-state index contributed by atoms with van der Waals surface area (Å²) in [6, 6.07) is 6.25. The van der Waals surface area contributed by atoms with E-state index in [1.165, 1.54) is 37.0 Å². The predicted octanol–water partition coefficient (Wildman–Crippen LogP) is 2.32. The van der Waals surface area contributed by atoms with Crippen LogP contribution in [-0.2, 0) is 0 Å². The molecule has 1 fully saturated rings. The van der Waals surface area contributed by atoms with E-state index in [-0.39, 0.29) is 0 Å². The molecule has 2 heterocycles. The van der Waals surface area contributed by atoms with Gasteiger partial charge in [-0.05, 0) is 44.5 Å². The minimum absolute atomic E-state index is 0.755. The number of aromatic nitrogens is 2. The van der Waals surface area contributed by atoms with Crippen LogP contribution in [0.4, 0.5) is 5.69 Å². The zero-order valence-corrected chi connectivity index (χ0v) is 10.8. The Hall–Kier alpha value is -1.55. The maximum absolute atomic E-state index is 4.10. The summed E-state index contributed by atoms with van der Waals surface area (Å²) in [4.78, 5) is 2.42. The fourth-order valence-corrected chi connectivity index (χ4v) is 2.82. The molecule has 3 rings (SSSR count). The second-order valence-corrected chi connectivity index (χ2v) is 5.29. The Morgan fingerprint density at radius 3 is 3.33 bits per heavy atom. The van der Waals surface area contributed by atoms with E-state index in [0.29, 0.717) is 0 Å². The first-order valence-corrected chi connectivity index (χ1v) is 6.67. The zero-order valence-electron chi connectivity index (χ0n) is 10.8. The number of nitrogens with one attached hydrogen (secondary N) is 2. The molecule has 1 saturated heterocycles. The SMILES string of the molecule is CN1CCCC(CNc2cccc3[nH]ncc23)C1. The molecule has 2 aromatic rings. The molecule has 4 heteroatoms. The zero-order chi connectivity index (χ0) is 12.4. The highest BCUT2D eigenvalue weighted by molar-refractivity contribution is 5.90. The van der Waals surface area contributed by atoms with Gasteiger partial charge in [-0.3, -0.25) is 5.10 Å². The minimum Gasteiger partial charge on any atom is -0.384 e. The summed E-state index contributed by atoms with van der Waals surface area (Å²) in [5.74, 6) is 0.755. The van der Waals surface area contributed by atoms with E-state index in [4.69, 9.17) is 0 Å². The van der Waals surface area contributed by atoms with Crippen LogP contribution in [0.3, 0.4) is 0 Å². The fraction of sp³-hybridized carbons (Fsp3) is 0.500. The van der Waals surface area contributed by atoms with Crippen molar-refractivity contribution in [3.63, 3.8) is 0 Å². The van der Waals surface area contributed by atoms with Gasteiger partial charge >= 0.3 is 0 Å². The molecule has 4 nitrogen and oxygen atoms in total. The van der Waals surface area contributed by atoms with E-state index in [1.807, 2.05) is 6.20 Å². The number of likely N-dealkylation sites (tertiary alicyclic amines) is 1. The van der Waals surface area contributed by atoms with E-state index in [2.05, 4.69) is 45.7 Å². The number of fused-ring (bicyclic) bond motifs is 1. The van der Waals surface area contributed by atoms with Crippen LogP contribution < -0.4 is 5.32 Å². The van der Waals surface area contributed by atoms with Crippen molar-refractivity contribution in [1.29, 1.82) is 0 Å². The lowest BCUT2D eigenvalue weighted by molar-refractivity contribution is 0.217. The van der Waals surface area contributed by atoms with E-state index >= 15 is 0 Å². The van der Waals surface area contributed by atoms with Gasteiger partial charge < -0.3 is 10.2 Å². The molecule has 0 saturated carbocycles. The summed E-state index contributed by atoms with van der Waals surface area (Å²) in [5, 5.41) is 11.9. The summed E-state index contributed by atoms with van der Waals surface area (Å²) in [6.07, 6.45) is 4.54. The molecule has 96 valence electrons. The van der Waals surface area contributed by atoms with Crippen LogP contribution in [0.5, 0.6) is 0 Å². The topological polar surface area (TPSA) is 44.0 Å². The lowest BCUT2D eigenvalue weighted by atomic mass is 9.98. The van der Waals surface area contributed by atoms with Crippen molar-refractivity contribution in [3.05, 3.63) is 24.4 Å². The maximum atomic E-state index is 4.10.